The van der Waals surface area contributed by atoms with Crippen LogP contribution in [0.3, 0.4) is 0 Å². The van der Waals surface area contributed by atoms with E-state index in [-0.39, 0.29) is 5.78 Å². The van der Waals surface area contributed by atoms with Crippen molar-refractivity contribution in [3.05, 3.63) is 42.0 Å². The van der Waals surface area contributed by atoms with Gasteiger partial charge in [0.1, 0.15) is 5.75 Å². The number of halogens is 1. The zero-order chi connectivity index (χ0) is 12.3. The second-order valence-electron chi connectivity index (χ2n) is 3.73. The van der Waals surface area contributed by atoms with Gasteiger partial charge in [-0.15, -0.1) is 11.6 Å². The fourth-order valence-corrected chi connectivity index (χ4v) is 2.09. The standard InChI is InChI=1S/C14H13ClO2/c1-17-13-7-6-10-4-2-3-5-11(10)14(13)12(16)8-9-15/h2-7H,8-9H2,1H3. The van der Waals surface area contributed by atoms with Crippen molar-refractivity contribution >= 4 is 28.2 Å². The number of ether oxygens (including phenoxy) is 1. The molecule has 3 heteroatoms. The van der Waals surface area contributed by atoms with Crippen LogP contribution in [0.25, 0.3) is 10.8 Å². The van der Waals surface area contributed by atoms with Gasteiger partial charge in [0.15, 0.2) is 5.78 Å². The van der Waals surface area contributed by atoms with Crippen LogP contribution in [-0.4, -0.2) is 18.8 Å². The maximum atomic E-state index is 12.1. The van der Waals surface area contributed by atoms with Gasteiger partial charge in [0.05, 0.1) is 12.7 Å². The minimum absolute atomic E-state index is 0.0219. The number of methoxy groups -OCH3 is 1. The van der Waals surface area contributed by atoms with E-state index in [9.17, 15) is 4.79 Å². The van der Waals surface area contributed by atoms with Crippen LogP contribution in [0.2, 0.25) is 0 Å². The Hall–Kier alpha value is -1.54. The summed E-state index contributed by atoms with van der Waals surface area (Å²) in [6.45, 7) is 0. The molecule has 2 rings (SSSR count). The first-order chi connectivity index (χ1) is 8.27. The number of Topliss-reactive ketones (excluding diaryl/α,β-unsaturated/α-hetero) is 1. The van der Waals surface area contributed by atoms with Gasteiger partial charge in [0.2, 0.25) is 0 Å². The molecule has 0 N–H and O–H groups in total. The summed E-state index contributed by atoms with van der Waals surface area (Å²) in [5.41, 5.74) is 0.631. The van der Waals surface area contributed by atoms with Crippen LogP contribution >= 0.6 is 11.6 Å². The lowest BCUT2D eigenvalue weighted by Gasteiger charge is -2.10. The summed E-state index contributed by atoms with van der Waals surface area (Å²) in [5, 5.41) is 1.95. The van der Waals surface area contributed by atoms with Crippen molar-refractivity contribution in [2.45, 2.75) is 6.42 Å². The van der Waals surface area contributed by atoms with Crippen molar-refractivity contribution < 1.29 is 9.53 Å². The predicted octanol–water partition coefficient (Wildman–Crippen LogP) is 3.66. The average Bonchev–Trinajstić information content (AvgIpc) is 2.37. The summed E-state index contributed by atoms with van der Waals surface area (Å²) < 4.78 is 5.26. The molecule has 0 bridgehead atoms. The minimum Gasteiger partial charge on any atom is -0.496 e. The van der Waals surface area contributed by atoms with Gasteiger partial charge < -0.3 is 4.74 Å². The zero-order valence-corrected chi connectivity index (χ0v) is 10.3. The summed E-state index contributed by atoms with van der Waals surface area (Å²) >= 11 is 5.63. The Bertz CT molecular complexity index is 549. The molecule has 2 aromatic rings. The molecule has 0 fully saturated rings. The smallest absolute Gasteiger partial charge is 0.168 e. The third-order valence-corrected chi connectivity index (χ3v) is 2.90. The highest BCUT2D eigenvalue weighted by Gasteiger charge is 2.15. The fourth-order valence-electron chi connectivity index (χ4n) is 1.92. The molecule has 0 saturated heterocycles. The second kappa shape index (κ2) is 5.19. The number of ketones is 1. The van der Waals surface area contributed by atoms with Gasteiger partial charge in [-0.2, -0.15) is 0 Å². The lowest BCUT2D eigenvalue weighted by atomic mass is 9.99. The Kier molecular flexibility index (Phi) is 3.64. The number of carbonyl (C=O) groups is 1. The molecule has 0 heterocycles. The number of alkyl halides is 1. The van der Waals surface area contributed by atoms with Crippen LogP contribution in [0, 0.1) is 0 Å². The number of carbonyl (C=O) groups excluding carboxylic acids is 1. The van der Waals surface area contributed by atoms with E-state index in [1.165, 1.54) is 0 Å². The highest BCUT2D eigenvalue weighted by molar-refractivity contribution is 6.20. The first-order valence-electron chi connectivity index (χ1n) is 5.43. The lowest BCUT2D eigenvalue weighted by molar-refractivity contribution is 0.0988. The predicted molar refractivity (Wildman–Crippen MR) is 70.2 cm³/mol. The maximum Gasteiger partial charge on any atom is 0.168 e. The summed E-state index contributed by atoms with van der Waals surface area (Å²) in [4.78, 5) is 12.1. The van der Waals surface area contributed by atoms with E-state index in [0.717, 1.165) is 10.8 Å². The Labute approximate surface area is 105 Å². The van der Waals surface area contributed by atoms with E-state index in [1.807, 2.05) is 36.4 Å². The number of hydrogen-bond donors (Lipinski definition) is 0. The Balaban J connectivity index is 2.67. The molecule has 0 spiro atoms. The van der Waals surface area contributed by atoms with Crippen molar-refractivity contribution in [3.8, 4) is 5.75 Å². The van der Waals surface area contributed by atoms with Crippen LogP contribution in [0.15, 0.2) is 36.4 Å². The monoisotopic (exact) mass is 248 g/mol. The zero-order valence-electron chi connectivity index (χ0n) is 9.57. The Morgan fingerprint density at radius 2 is 2.00 bits per heavy atom. The normalized spacial score (nSPS) is 10.5. The molecule has 0 aliphatic carbocycles. The number of fused-ring (bicyclic) bond motifs is 1. The van der Waals surface area contributed by atoms with Crippen molar-refractivity contribution in [1.82, 2.24) is 0 Å². The van der Waals surface area contributed by atoms with Gasteiger partial charge >= 0.3 is 0 Å². The van der Waals surface area contributed by atoms with Gasteiger partial charge in [-0.05, 0) is 16.8 Å². The number of rotatable bonds is 4. The molecular weight excluding hydrogens is 236 g/mol. The van der Waals surface area contributed by atoms with Gasteiger partial charge in [-0.25, -0.2) is 0 Å². The summed E-state index contributed by atoms with van der Waals surface area (Å²) in [7, 11) is 1.57. The number of benzene rings is 2. The topological polar surface area (TPSA) is 26.3 Å². The Morgan fingerprint density at radius 1 is 1.24 bits per heavy atom. The third-order valence-electron chi connectivity index (χ3n) is 2.71. The summed E-state index contributed by atoms with van der Waals surface area (Å²) in [6, 6.07) is 11.5. The average molecular weight is 249 g/mol. The molecule has 0 unspecified atom stereocenters. The number of hydrogen-bond acceptors (Lipinski definition) is 2. The Morgan fingerprint density at radius 3 is 2.71 bits per heavy atom. The van der Waals surface area contributed by atoms with Gasteiger partial charge in [-0.3, -0.25) is 4.79 Å². The van der Waals surface area contributed by atoms with Gasteiger partial charge in [0, 0.05) is 12.3 Å². The second-order valence-corrected chi connectivity index (χ2v) is 4.10. The molecule has 88 valence electrons. The molecule has 17 heavy (non-hydrogen) atoms. The van der Waals surface area contributed by atoms with Crippen LogP contribution in [0.4, 0.5) is 0 Å². The van der Waals surface area contributed by atoms with Crippen molar-refractivity contribution in [2.75, 3.05) is 13.0 Å². The molecule has 0 aromatic heterocycles. The largest absolute Gasteiger partial charge is 0.496 e. The molecule has 0 radical (unpaired) electrons. The van der Waals surface area contributed by atoms with Crippen LogP contribution in [-0.2, 0) is 0 Å². The van der Waals surface area contributed by atoms with E-state index in [4.69, 9.17) is 16.3 Å². The summed E-state index contributed by atoms with van der Waals surface area (Å²) in [6.07, 6.45) is 0.325. The van der Waals surface area contributed by atoms with Crippen LogP contribution in [0.1, 0.15) is 16.8 Å². The molecular formula is C14H13ClO2. The van der Waals surface area contributed by atoms with Gasteiger partial charge in [0.25, 0.3) is 0 Å². The maximum absolute atomic E-state index is 12.1. The molecule has 0 atom stereocenters. The summed E-state index contributed by atoms with van der Waals surface area (Å²) in [5.74, 6) is 0.957. The highest BCUT2D eigenvalue weighted by atomic mass is 35.5. The third kappa shape index (κ3) is 2.27. The van der Waals surface area contributed by atoms with Crippen LogP contribution < -0.4 is 4.74 Å². The SMILES string of the molecule is COc1ccc2ccccc2c1C(=O)CCCl. The van der Waals surface area contributed by atoms with Crippen molar-refractivity contribution in [3.63, 3.8) is 0 Å². The van der Waals surface area contributed by atoms with Crippen LogP contribution in [0.5, 0.6) is 5.75 Å². The molecule has 0 saturated carbocycles. The van der Waals surface area contributed by atoms with Gasteiger partial charge in [-0.1, -0.05) is 30.3 Å². The minimum atomic E-state index is 0.0219. The lowest BCUT2D eigenvalue weighted by Crippen LogP contribution is -2.03. The van der Waals surface area contributed by atoms with E-state index in [1.54, 1.807) is 7.11 Å². The molecule has 0 amide bonds. The fraction of sp³-hybridized carbons (Fsp3) is 0.214. The molecule has 0 aliphatic rings. The quantitative estimate of drug-likeness (QED) is 0.610. The van der Waals surface area contributed by atoms with Crippen molar-refractivity contribution in [2.24, 2.45) is 0 Å². The van der Waals surface area contributed by atoms with E-state index >= 15 is 0 Å². The molecule has 2 nitrogen and oxygen atoms in total. The van der Waals surface area contributed by atoms with E-state index < -0.39 is 0 Å². The first kappa shape index (κ1) is 11.9. The van der Waals surface area contributed by atoms with E-state index in [0.29, 0.717) is 23.6 Å². The van der Waals surface area contributed by atoms with E-state index in [2.05, 4.69) is 0 Å². The highest BCUT2D eigenvalue weighted by Crippen LogP contribution is 2.29. The molecule has 0 aliphatic heterocycles. The first-order valence-corrected chi connectivity index (χ1v) is 5.96. The molecule has 2 aromatic carbocycles. The van der Waals surface area contributed by atoms with Crippen molar-refractivity contribution in [1.29, 1.82) is 0 Å².